The molecule has 1 saturated heterocycles. The van der Waals surface area contributed by atoms with Gasteiger partial charge in [0.15, 0.2) is 9.84 Å². The summed E-state index contributed by atoms with van der Waals surface area (Å²) in [6, 6.07) is 0.376. The molecule has 0 aromatic rings. The van der Waals surface area contributed by atoms with Crippen LogP contribution in [0.3, 0.4) is 0 Å². The first-order valence-electron chi connectivity index (χ1n) is 5.45. The molecule has 4 heteroatoms. The second-order valence-electron chi connectivity index (χ2n) is 4.65. The van der Waals surface area contributed by atoms with Crippen LogP contribution in [0.2, 0.25) is 0 Å². The number of hydrogen-bond acceptors (Lipinski definition) is 3. The normalized spacial score (nSPS) is 26.4. The lowest BCUT2D eigenvalue weighted by molar-refractivity contribution is 0.423. The van der Waals surface area contributed by atoms with Crippen molar-refractivity contribution in [1.82, 2.24) is 5.32 Å². The standard InChI is InChI=1S/C11H21NO2S/c1-9(2)6-11(12-3)7-10-4-5-15(13,14)8-10/h10-12H,1,4-8H2,2-3H3. The summed E-state index contributed by atoms with van der Waals surface area (Å²) in [4.78, 5) is 0. The zero-order chi connectivity index (χ0) is 11.5. The van der Waals surface area contributed by atoms with Gasteiger partial charge in [0.05, 0.1) is 11.5 Å². The summed E-state index contributed by atoms with van der Waals surface area (Å²) in [6.07, 6.45) is 2.71. The van der Waals surface area contributed by atoms with Crippen LogP contribution in [0.15, 0.2) is 12.2 Å². The van der Waals surface area contributed by atoms with Gasteiger partial charge in [-0.05, 0) is 39.2 Å². The Morgan fingerprint density at radius 1 is 1.60 bits per heavy atom. The Kier molecular flexibility index (Phi) is 4.34. The van der Waals surface area contributed by atoms with Gasteiger partial charge in [0.2, 0.25) is 0 Å². The molecule has 2 unspecified atom stereocenters. The van der Waals surface area contributed by atoms with Crippen molar-refractivity contribution in [3.8, 4) is 0 Å². The average Bonchev–Trinajstić information content (AvgIpc) is 2.43. The minimum absolute atomic E-state index is 0.340. The number of sulfone groups is 1. The van der Waals surface area contributed by atoms with Crippen LogP contribution in [0.4, 0.5) is 0 Å². The monoisotopic (exact) mass is 231 g/mol. The molecule has 0 aliphatic carbocycles. The van der Waals surface area contributed by atoms with E-state index in [0.717, 1.165) is 24.8 Å². The molecule has 3 nitrogen and oxygen atoms in total. The van der Waals surface area contributed by atoms with E-state index in [0.29, 0.717) is 23.5 Å². The first-order chi connectivity index (χ1) is 6.93. The molecule has 0 aromatic carbocycles. The fourth-order valence-corrected chi connectivity index (χ4v) is 4.06. The molecule has 1 N–H and O–H groups in total. The average molecular weight is 231 g/mol. The largest absolute Gasteiger partial charge is 0.317 e. The van der Waals surface area contributed by atoms with Gasteiger partial charge in [0, 0.05) is 6.04 Å². The lowest BCUT2D eigenvalue weighted by atomic mass is 9.95. The van der Waals surface area contributed by atoms with E-state index in [2.05, 4.69) is 11.9 Å². The van der Waals surface area contributed by atoms with Crippen molar-refractivity contribution in [3.05, 3.63) is 12.2 Å². The predicted molar refractivity (Wildman–Crippen MR) is 63.7 cm³/mol. The van der Waals surface area contributed by atoms with Crippen LogP contribution in [0.25, 0.3) is 0 Å². The fraction of sp³-hybridized carbons (Fsp3) is 0.818. The maximum absolute atomic E-state index is 11.3. The molecule has 1 heterocycles. The quantitative estimate of drug-likeness (QED) is 0.727. The van der Waals surface area contributed by atoms with Gasteiger partial charge >= 0.3 is 0 Å². The highest BCUT2D eigenvalue weighted by Crippen LogP contribution is 2.24. The molecule has 0 spiro atoms. The SMILES string of the molecule is C=C(C)CC(CC1CCS(=O)(=O)C1)NC. The summed E-state index contributed by atoms with van der Waals surface area (Å²) in [5.74, 6) is 1.09. The Labute approximate surface area is 92.9 Å². The molecule has 0 radical (unpaired) electrons. The maximum atomic E-state index is 11.3. The molecule has 0 aromatic heterocycles. The summed E-state index contributed by atoms with van der Waals surface area (Å²) in [5, 5.41) is 3.23. The van der Waals surface area contributed by atoms with Crippen LogP contribution >= 0.6 is 0 Å². The van der Waals surface area contributed by atoms with Gasteiger partial charge in [-0.25, -0.2) is 8.42 Å². The topological polar surface area (TPSA) is 46.2 Å². The molecular formula is C11H21NO2S. The fourth-order valence-electron chi connectivity index (χ4n) is 2.18. The van der Waals surface area contributed by atoms with Crippen molar-refractivity contribution in [2.75, 3.05) is 18.6 Å². The molecule has 1 fully saturated rings. The highest BCUT2D eigenvalue weighted by Gasteiger charge is 2.29. The molecule has 1 aliphatic heterocycles. The lowest BCUT2D eigenvalue weighted by Crippen LogP contribution is -2.28. The zero-order valence-electron chi connectivity index (χ0n) is 9.62. The molecule has 88 valence electrons. The summed E-state index contributed by atoms with van der Waals surface area (Å²) in [5.41, 5.74) is 1.15. The third-order valence-electron chi connectivity index (χ3n) is 2.95. The molecule has 1 aliphatic rings. The second-order valence-corrected chi connectivity index (χ2v) is 6.88. The highest BCUT2D eigenvalue weighted by atomic mass is 32.2. The van der Waals surface area contributed by atoms with E-state index in [1.807, 2.05) is 14.0 Å². The number of hydrogen-bond donors (Lipinski definition) is 1. The Morgan fingerprint density at radius 2 is 2.27 bits per heavy atom. The van der Waals surface area contributed by atoms with Crippen molar-refractivity contribution >= 4 is 9.84 Å². The number of nitrogens with one attached hydrogen (secondary N) is 1. The summed E-state index contributed by atoms with van der Waals surface area (Å²) in [7, 11) is -0.800. The minimum Gasteiger partial charge on any atom is -0.317 e. The number of rotatable bonds is 5. The van der Waals surface area contributed by atoms with Crippen molar-refractivity contribution < 1.29 is 8.42 Å². The van der Waals surface area contributed by atoms with Gasteiger partial charge < -0.3 is 5.32 Å². The lowest BCUT2D eigenvalue weighted by Gasteiger charge is -2.19. The second kappa shape index (κ2) is 5.12. The van der Waals surface area contributed by atoms with Gasteiger partial charge in [-0.15, -0.1) is 6.58 Å². The van der Waals surface area contributed by atoms with E-state index < -0.39 is 9.84 Å². The molecule has 15 heavy (non-hydrogen) atoms. The Bertz CT molecular complexity index is 321. The summed E-state index contributed by atoms with van der Waals surface area (Å²) < 4.78 is 22.6. The van der Waals surface area contributed by atoms with Crippen LogP contribution in [-0.4, -0.2) is 33.0 Å². The van der Waals surface area contributed by atoms with E-state index in [1.54, 1.807) is 0 Å². The summed E-state index contributed by atoms with van der Waals surface area (Å²) in [6.45, 7) is 5.90. The Hall–Kier alpha value is -0.350. The van der Waals surface area contributed by atoms with Crippen LogP contribution in [0.1, 0.15) is 26.2 Å². The summed E-state index contributed by atoms with van der Waals surface area (Å²) >= 11 is 0. The molecule has 1 rings (SSSR count). The minimum atomic E-state index is -2.73. The first-order valence-corrected chi connectivity index (χ1v) is 7.27. The van der Waals surface area contributed by atoms with Crippen molar-refractivity contribution in [3.63, 3.8) is 0 Å². The van der Waals surface area contributed by atoms with Gasteiger partial charge in [0.25, 0.3) is 0 Å². The van der Waals surface area contributed by atoms with Gasteiger partial charge in [-0.3, -0.25) is 0 Å². The van der Waals surface area contributed by atoms with E-state index >= 15 is 0 Å². The van der Waals surface area contributed by atoms with Crippen molar-refractivity contribution in [2.45, 2.75) is 32.2 Å². The van der Waals surface area contributed by atoms with E-state index in [4.69, 9.17) is 0 Å². The van der Waals surface area contributed by atoms with E-state index in [1.165, 1.54) is 0 Å². The Morgan fingerprint density at radius 3 is 2.67 bits per heavy atom. The van der Waals surface area contributed by atoms with Gasteiger partial charge in [-0.1, -0.05) is 5.57 Å². The van der Waals surface area contributed by atoms with Crippen molar-refractivity contribution in [2.24, 2.45) is 5.92 Å². The van der Waals surface area contributed by atoms with E-state index in [-0.39, 0.29) is 0 Å². The predicted octanol–water partition coefficient (Wildman–Crippen LogP) is 1.37. The van der Waals surface area contributed by atoms with Crippen LogP contribution in [0.5, 0.6) is 0 Å². The van der Waals surface area contributed by atoms with Gasteiger partial charge in [-0.2, -0.15) is 0 Å². The van der Waals surface area contributed by atoms with E-state index in [9.17, 15) is 8.42 Å². The molecule has 0 amide bonds. The van der Waals surface area contributed by atoms with Crippen LogP contribution in [-0.2, 0) is 9.84 Å². The third kappa shape index (κ3) is 4.34. The van der Waals surface area contributed by atoms with Crippen LogP contribution in [0, 0.1) is 5.92 Å². The Balaban J connectivity index is 2.43. The molecule has 2 atom stereocenters. The third-order valence-corrected chi connectivity index (χ3v) is 4.78. The van der Waals surface area contributed by atoms with Crippen molar-refractivity contribution in [1.29, 1.82) is 0 Å². The molecule has 0 bridgehead atoms. The maximum Gasteiger partial charge on any atom is 0.150 e. The molecular weight excluding hydrogens is 210 g/mol. The van der Waals surface area contributed by atoms with Crippen LogP contribution < -0.4 is 5.32 Å². The molecule has 0 saturated carbocycles. The zero-order valence-corrected chi connectivity index (χ0v) is 10.4. The first kappa shape index (κ1) is 12.7. The van der Waals surface area contributed by atoms with Gasteiger partial charge in [0.1, 0.15) is 0 Å². The smallest absolute Gasteiger partial charge is 0.150 e. The highest BCUT2D eigenvalue weighted by molar-refractivity contribution is 7.91.